The van der Waals surface area contributed by atoms with Crippen molar-refractivity contribution in [2.45, 2.75) is 12.5 Å². The fourth-order valence-electron chi connectivity index (χ4n) is 2.37. The molecule has 0 aliphatic carbocycles. The molecule has 1 aliphatic rings. The van der Waals surface area contributed by atoms with Crippen molar-refractivity contribution >= 4 is 0 Å². The quantitative estimate of drug-likeness (QED) is 0.610. The summed E-state index contributed by atoms with van der Waals surface area (Å²) in [5.74, 6) is 7.50. The summed E-state index contributed by atoms with van der Waals surface area (Å²) in [5, 5.41) is 0. The number of rotatable bonds is 5. The first-order valence-corrected chi connectivity index (χ1v) is 6.06. The summed E-state index contributed by atoms with van der Waals surface area (Å²) in [6, 6.07) is 5.94. The highest BCUT2D eigenvalue weighted by molar-refractivity contribution is 5.44. The summed E-state index contributed by atoms with van der Waals surface area (Å²) < 4.78 is 15.9. The van der Waals surface area contributed by atoms with Gasteiger partial charge < -0.3 is 14.2 Å². The monoisotopic (exact) mass is 252 g/mol. The predicted molar refractivity (Wildman–Crippen MR) is 68.5 cm³/mol. The van der Waals surface area contributed by atoms with Gasteiger partial charge in [0.25, 0.3) is 0 Å². The highest BCUT2D eigenvalue weighted by Gasteiger charge is 2.26. The number of hydrazine groups is 1. The molecule has 5 nitrogen and oxygen atoms in total. The van der Waals surface area contributed by atoms with E-state index in [9.17, 15) is 0 Å². The Hall–Kier alpha value is -1.30. The van der Waals surface area contributed by atoms with Gasteiger partial charge in [-0.1, -0.05) is 6.07 Å². The molecule has 3 N–H and O–H groups in total. The van der Waals surface area contributed by atoms with Gasteiger partial charge in [0.05, 0.1) is 26.9 Å². The molecule has 2 rings (SSSR count). The lowest BCUT2D eigenvalue weighted by molar-refractivity contribution is 0.176. The number of ether oxygens (including phenoxy) is 3. The van der Waals surface area contributed by atoms with Crippen molar-refractivity contribution in [3.63, 3.8) is 0 Å². The van der Waals surface area contributed by atoms with E-state index in [1.807, 2.05) is 18.2 Å². The maximum absolute atomic E-state index is 5.67. The average Bonchev–Trinajstić information content (AvgIpc) is 2.93. The minimum absolute atomic E-state index is 0.0762. The second-order valence-electron chi connectivity index (χ2n) is 4.38. The van der Waals surface area contributed by atoms with Crippen molar-refractivity contribution in [2.24, 2.45) is 11.8 Å². The third-order valence-electron chi connectivity index (χ3n) is 3.38. The van der Waals surface area contributed by atoms with Crippen LogP contribution in [0, 0.1) is 5.92 Å². The predicted octanol–water partition coefficient (Wildman–Crippen LogP) is 1.24. The van der Waals surface area contributed by atoms with E-state index in [1.54, 1.807) is 14.2 Å². The van der Waals surface area contributed by atoms with Gasteiger partial charge in [-0.25, -0.2) is 0 Å². The highest BCUT2D eigenvalue weighted by Crippen LogP contribution is 2.34. The van der Waals surface area contributed by atoms with Crippen LogP contribution in [0.2, 0.25) is 0 Å². The Morgan fingerprint density at radius 1 is 1.33 bits per heavy atom. The SMILES string of the molecule is COc1ccc(C(NN)C2CCOC2)cc1OC. The molecule has 1 aliphatic heterocycles. The lowest BCUT2D eigenvalue weighted by Gasteiger charge is -2.22. The fraction of sp³-hybridized carbons (Fsp3) is 0.538. The molecular weight excluding hydrogens is 232 g/mol. The molecule has 0 bridgehead atoms. The molecule has 100 valence electrons. The average molecular weight is 252 g/mol. The third kappa shape index (κ3) is 2.58. The maximum atomic E-state index is 5.67. The van der Waals surface area contributed by atoms with Gasteiger partial charge in [0, 0.05) is 12.5 Å². The molecule has 5 heteroatoms. The van der Waals surface area contributed by atoms with Crippen molar-refractivity contribution in [1.29, 1.82) is 0 Å². The van der Waals surface area contributed by atoms with Gasteiger partial charge >= 0.3 is 0 Å². The van der Waals surface area contributed by atoms with Crippen molar-refractivity contribution in [2.75, 3.05) is 27.4 Å². The Morgan fingerprint density at radius 3 is 2.67 bits per heavy atom. The Kier molecular flexibility index (Phi) is 4.41. The molecule has 1 heterocycles. The van der Waals surface area contributed by atoms with Crippen LogP contribution in [0.25, 0.3) is 0 Å². The summed E-state index contributed by atoms with van der Waals surface area (Å²) in [5.41, 5.74) is 3.96. The summed E-state index contributed by atoms with van der Waals surface area (Å²) in [6.45, 7) is 1.54. The van der Waals surface area contributed by atoms with Crippen molar-refractivity contribution in [3.8, 4) is 11.5 Å². The smallest absolute Gasteiger partial charge is 0.161 e. The molecule has 1 aromatic carbocycles. The first kappa shape index (κ1) is 13.1. The molecule has 0 saturated carbocycles. The molecule has 1 saturated heterocycles. The van der Waals surface area contributed by atoms with E-state index in [2.05, 4.69) is 5.43 Å². The summed E-state index contributed by atoms with van der Waals surface area (Å²) >= 11 is 0. The van der Waals surface area contributed by atoms with Crippen LogP contribution in [0.5, 0.6) is 11.5 Å². The number of methoxy groups -OCH3 is 2. The Morgan fingerprint density at radius 2 is 2.11 bits per heavy atom. The van der Waals surface area contributed by atoms with Crippen LogP contribution in [0.4, 0.5) is 0 Å². The number of hydrogen-bond acceptors (Lipinski definition) is 5. The zero-order chi connectivity index (χ0) is 13.0. The van der Waals surface area contributed by atoms with E-state index in [0.29, 0.717) is 11.7 Å². The maximum Gasteiger partial charge on any atom is 0.161 e. The van der Waals surface area contributed by atoms with E-state index in [-0.39, 0.29) is 6.04 Å². The van der Waals surface area contributed by atoms with Crippen LogP contribution in [-0.2, 0) is 4.74 Å². The lowest BCUT2D eigenvalue weighted by Crippen LogP contribution is -2.33. The van der Waals surface area contributed by atoms with Gasteiger partial charge in [0.15, 0.2) is 11.5 Å². The van der Waals surface area contributed by atoms with Gasteiger partial charge in [-0.2, -0.15) is 0 Å². The zero-order valence-electron chi connectivity index (χ0n) is 10.8. The molecular formula is C13H20N2O3. The molecule has 18 heavy (non-hydrogen) atoms. The third-order valence-corrected chi connectivity index (χ3v) is 3.38. The number of hydrogen-bond donors (Lipinski definition) is 2. The number of nitrogens with one attached hydrogen (secondary N) is 1. The number of nitrogens with two attached hydrogens (primary N) is 1. The minimum atomic E-state index is 0.0762. The molecule has 0 radical (unpaired) electrons. The van der Waals surface area contributed by atoms with E-state index >= 15 is 0 Å². The van der Waals surface area contributed by atoms with Crippen LogP contribution < -0.4 is 20.7 Å². The molecule has 0 aromatic heterocycles. The fourth-order valence-corrected chi connectivity index (χ4v) is 2.37. The molecule has 2 atom stereocenters. The summed E-state index contributed by atoms with van der Waals surface area (Å²) in [6.07, 6.45) is 1.02. The molecule has 0 spiro atoms. The lowest BCUT2D eigenvalue weighted by atomic mass is 9.92. The van der Waals surface area contributed by atoms with Crippen LogP contribution in [0.3, 0.4) is 0 Å². The molecule has 1 aromatic rings. The van der Waals surface area contributed by atoms with Crippen LogP contribution in [-0.4, -0.2) is 27.4 Å². The molecule has 1 fully saturated rings. The summed E-state index contributed by atoms with van der Waals surface area (Å²) in [7, 11) is 3.26. The standard InChI is InChI=1S/C13H20N2O3/c1-16-11-4-3-9(7-12(11)17-2)13(15-14)10-5-6-18-8-10/h3-4,7,10,13,15H,5-6,8,14H2,1-2H3. The van der Waals surface area contributed by atoms with E-state index in [1.165, 1.54) is 0 Å². The first-order chi connectivity index (χ1) is 8.80. The van der Waals surface area contributed by atoms with E-state index in [4.69, 9.17) is 20.1 Å². The van der Waals surface area contributed by atoms with Gasteiger partial charge in [-0.15, -0.1) is 0 Å². The molecule has 2 unspecified atom stereocenters. The van der Waals surface area contributed by atoms with Crippen LogP contribution in [0.15, 0.2) is 18.2 Å². The minimum Gasteiger partial charge on any atom is -0.493 e. The Bertz CT molecular complexity index is 392. The van der Waals surface area contributed by atoms with Crippen molar-refractivity contribution < 1.29 is 14.2 Å². The van der Waals surface area contributed by atoms with Crippen molar-refractivity contribution in [1.82, 2.24) is 5.43 Å². The highest BCUT2D eigenvalue weighted by atomic mass is 16.5. The molecule has 0 amide bonds. The second kappa shape index (κ2) is 6.04. The summed E-state index contributed by atoms with van der Waals surface area (Å²) in [4.78, 5) is 0. The van der Waals surface area contributed by atoms with Crippen LogP contribution >= 0.6 is 0 Å². The van der Waals surface area contributed by atoms with E-state index < -0.39 is 0 Å². The van der Waals surface area contributed by atoms with Crippen molar-refractivity contribution in [3.05, 3.63) is 23.8 Å². The number of benzene rings is 1. The second-order valence-corrected chi connectivity index (χ2v) is 4.38. The largest absolute Gasteiger partial charge is 0.493 e. The normalized spacial score (nSPS) is 20.7. The van der Waals surface area contributed by atoms with Gasteiger partial charge in [0.2, 0.25) is 0 Å². The van der Waals surface area contributed by atoms with Gasteiger partial charge in [0.1, 0.15) is 0 Å². The van der Waals surface area contributed by atoms with Crippen LogP contribution in [0.1, 0.15) is 18.0 Å². The Labute approximate surface area is 107 Å². The first-order valence-electron chi connectivity index (χ1n) is 6.06. The zero-order valence-corrected chi connectivity index (χ0v) is 10.8. The van der Waals surface area contributed by atoms with Gasteiger partial charge in [-0.05, 0) is 24.1 Å². The topological polar surface area (TPSA) is 65.7 Å². The Balaban J connectivity index is 2.24. The van der Waals surface area contributed by atoms with E-state index in [0.717, 1.165) is 30.9 Å². The van der Waals surface area contributed by atoms with Gasteiger partial charge in [-0.3, -0.25) is 11.3 Å².